The first-order valence-corrected chi connectivity index (χ1v) is 3.64. The van der Waals surface area contributed by atoms with Crippen LogP contribution in [0.4, 0.5) is 4.39 Å². The number of amides is 1. The number of benzene rings is 1. The molecule has 1 rings (SSSR count). The second-order valence-corrected chi connectivity index (χ2v) is 2.42. The van der Waals surface area contributed by atoms with Crippen molar-refractivity contribution in [1.82, 2.24) is 0 Å². The summed E-state index contributed by atoms with van der Waals surface area (Å²) in [5.41, 5.74) is 5.16. The van der Waals surface area contributed by atoms with Gasteiger partial charge in [-0.1, -0.05) is 5.92 Å². The smallest absolute Gasteiger partial charge is 0.293 e. The van der Waals surface area contributed by atoms with Crippen molar-refractivity contribution in [2.75, 3.05) is 0 Å². The fourth-order valence-electron chi connectivity index (χ4n) is 0.847. The van der Waals surface area contributed by atoms with Crippen molar-refractivity contribution < 1.29 is 9.18 Å². The summed E-state index contributed by atoms with van der Waals surface area (Å²) in [6.45, 7) is 0. The lowest BCUT2D eigenvalue weighted by Gasteiger charge is -1.93. The number of carbonyl (C=O) groups excluding carboxylic acids is 1. The third-order valence-electron chi connectivity index (χ3n) is 1.42. The second kappa shape index (κ2) is 4.06. The minimum absolute atomic E-state index is 0.0822. The second-order valence-electron chi connectivity index (χ2n) is 2.42. The largest absolute Gasteiger partial charge is 0.359 e. The van der Waals surface area contributed by atoms with Gasteiger partial charge in [-0.3, -0.25) is 4.79 Å². The van der Waals surface area contributed by atoms with Gasteiger partial charge in [0.15, 0.2) is 0 Å². The minimum atomic E-state index is -0.793. The summed E-state index contributed by atoms with van der Waals surface area (Å²) in [7, 11) is 0. The van der Waals surface area contributed by atoms with Crippen molar-refractivity contribution in [3.8, 4) is 17.9 Å². The Morgan fingerprint density at radius 3 is 2.71 bits per heavy atom. The monoisotopic (exact) mass is 188 g/mol. The molecule has 0 fully saturated rings. The minimum Gasteiger partial charge on any atom is -0.359 e. The van der Waals surface area contributed by atoms with Crippen molar-refractivity contribution in [3.63, 3.8) is 0 Å². The Hall–Kier alpha value is -2.33. The highest BCUT2D eigenvalue weighted by molar-refractivity contribution is 5.92. The summed E-state index contributed by atoms with van der Waals surface area (Å²) in [6.07, 6.45) is 0. The fourth-order valence-corrected chi connectivity index (χ4v) is 0.847. The van der Waals surface area contributed by atoms with E-state index in [4.69, 9.17) is 11.0 Å². The van der Waals surface area contributed by atoms with Gasteiger partial charge in [-0.2, -0.15) is 5.26 Å². The Balaban J connectivity index is 3.19. The van der Waals surface area contributed by atoms with Gasteiger partial charge in [0, 0.05) is 11.5 Å². The molecule has 0 saturated carbocycles. The molecule has 0 bridgehead atoms. The van der Waals surface area contributed by atoms with E-state index in [1.165, 1.54) is 6.07 Å². The molecule has 0 saturated heterocycles. The van der Waals surface area contributed by atoms with Crippen LogP contribution in [0.1, 0.15) is 11.1 Å². The summed E-state index contributed by atoms with van der Waals surface area (Å²) < 4.78 is 12.6. The van der Waals surface area contributed by atoms with Gasteiger partial charge in [-0.15, -0.1) is 0 Å². The Kier molecular flexibility index (Phi) is 2.83. The predicted molar refractivity (Wildman–Crippen MR) is 47.2 cm³/mol. The molecule has 2 N–H and O–H groups in total. The topological polar surface area (TPSA) is 66.9 Å². The van der Waals surface area contributed by atoms with E-state index in [1.807, 2.05) is 0 Å². The van der Waals surface area contributed by atoms with Crippen LogP contribution >= 0.6 is 0 Å². The van der Waals surface area contributed by atoms with Gasteiger partial charge in [0.25, 0.3) is 5.91 Å². The fraction of sp³-hybridized carbons (Fsp3) is 0. The number of rotatable bonds is 0. The highest BCUT2D eigenvalue weighted by Gasteiger charge is 2.00. The Labute approximate surface area is 79.9 Å². The van der Waals surface area contributed by atoms with Crippen LogP contribution in [-0.4, -0.2) is 5.91 Å². The third kappa shape index (κ3) is 2.33. The number of carbonyl (C=O) groups is 1. The van der Waals surface area contributed by atoms with E-state index in [1.54, 1.807) is 6.07 Å². The molecule has 68 valence electrons. The summed E-state index contributed by atoms with van der Waals surface area (Å²) in [5, 5.41) is 8.61. The molecule has 0 aliphatic rings. The van der Waals surface area contributed by atoms with Gasteiger partial charge < -0.3 is 5.73 Å². The van der Waals surface area contributed by atoms with Gasteiger partial charge >= 0.3 is 0 Å². The molecule has 0 aliphatic heterocycles. The highest BCUT2D eigenvalue weighted by atomic mass is 19.1. The summed E-state index contributed by atoms with van der Waals surface area (Å²) in [4.78, 5) is 10.3. The first kappa shape index (κ1) is 9.76. The predicted octanol–water partition coefficient (Wildman–Crippen LogP) is 0.534. The number of hydrogen-bond donors (Lipinski definition) is 1. The first-order valence-electron chi connectivity index (χ1n) is 3.64. The highest BCUT2D eigenvalue weighted by Crippen LogP contribution is 2.08. The SMILES string of the molecule is N#Cc1cc(F)ccc1C#CC(N)=O. The summed E-state index contributed by atoms with van der Waals surface area (Å²) in [5.74, 6) is 3.13. The zero-order valence-electron chi connectivity index (χ0n) is 7.04. The molecule has 0 aromatic heterocycles. The molecule has 0 aliphatic carbocycles. The maximum atomic E-state index is 12.6. The van der Waals surface area contributed by atoms with Crippen molar-refractivity contribution in [2.24, 2.45) is 5.73 Å². The molecule has 0 atom stereocenters. The number of primary amides is 1. The van der Waals surface area contributed by atoms with E-state index in [0.717, 1.165) is 12.1 Å². The van der Waals surface area contributed by atoms with Crippen molar-refractivity contribution >= 4 is 5.91 Å². The maximum absolute atomic E-state index is 12.6. The van der Waals surface area contributed by atoms with Crippen molar-refractivity contribution in [2.45, 2.75) is 0 Å². The number of nitrogens with two attached hydrogens (primary N) is 1. The van der Waals surface area contributed by atoms with Crippen molar-refractivity contribution in [3.05, 3.63) is 35.1 Å². The van der Waals surface area contributed by atoms with Crippen LogP contribution in [0.2, 0.25) is 0 Å². The normalized spacial score (nSPS) is 8.29. The molecule has 0 heterocycles. The standard InChI is InChI=1S/C10H5FN2O/c11-9-3-1-7(2-4-10(13)14)8(5-9)6-12/h1,3,5H,(H2,13,14). The summed E-state index contributed by atoms with van der Waals surface area (Å²) in [6, 6.07) is 5.29. The first-order chi connectivity index (χ1) is 6.63. The van der Waals surface area contributed by atoms with Gasteiger partial charge in [-0.05, 0) is 18.2 Å². The van der Waals surface area contributed by atoms with E-state index in [0.29, 0.717) is 0 Å². The molecule has 3 nitrogen and oxygen atoms in total. The zero-order chi connectivity index (χ0) is 10.6. The average molecular weight is 188 g/mol. The van der Waals surface area contributed by atoms with Crippen LogP contribution in [0.15, 0.2) is 18.2 Å². The average Bonchev–Trinajstić information content (AvgIpc) is 2.15. The molecule has 1 aromatic carbocycles. The molecule has 0 spiro atoms. The van der Waals surface area contributed by atoms with Crippen LogP contribution in [0.3, 0.4) is 0 Å². The number of nitriles is 1. The van der Waals surface area contributed by atoms with E-state index < -0.39 is 11.7 Å². The molecule has 14 heavy (non-hydrogen) atoms. The van der Waals surface area contributed by atoms with Crippen LogP contribution in [0.5, 0.6) is 0 Å². The van der Waals surface area contributed by atoms with E-state index >= 15 is 0 Å². The quantitative estimate of drug-likeness (QED) is 0.603. The third-order valence-corrected chi connectivity index (χ3v) is 1.42. The van der Waals surface area contributed by atoms with Gasteiger partial charge in [0.1, 0.15) is 11.9 Å². The van der Waals surface area contributed by atoms with E-state index in [-0.39, 0.29) is 11.1 Å². The van der Waals surface area contributed by atoms with Crippen LogP contribution in [0.25, 0.3) is 0 Å². The van der Waals surface area contributed by atoms with Crippen LogP contribution < -0.4 is 5.73 Å². The molecule has 1 amide bonds. The van der Waals surface area contributed by atoms with Gasteiger partial charge in [0.05, 0.1) is 5.56 Å². The number of hydrogen-bond acceptors (Lipinski definition) is 2. The number of nitrogens with zero attached hydrogens (tertiary/aromatic N) is 1. The lowest BCUT2D eigenvalue weighted by atomic mass is 10.1. The van der Waals surface area contributed by atoms with E-state index in [9.17, 15) is 9.18 Å². The molecule has 1 aromatic rings. The number of halogens is 1. The van der Waals surface area contributed by atoms with Crippen LogP contribution in [-0.2, 0) is 4.79 Å². The molecular formula is C10H5FN2O. The maximum Gasteiger partial charge on any atom is 0.293 e. The lowest BCUT2D eigenvalue weighted by molar-refractivity contribution is -0.112. The zero-order valence-corrected chi connectivity index (χ0v) is 7.04. The van der Waals surface area contributed by atoms with Gasteiger partial charge in [0.2, 0.25) is 0 Å². The Bertz CT molecular complexity index is 477. The summed E-state index contributed by atoms with van der Waals surface area (Å²) >= 11 is 0. The van der Waals surface area contributed by atoms with Crippen LogP contribution in [0, 0.1) is 29.0 Å². The molecule has 0 unspecified atom stereocenters. The molecular weight excluding hydrogens is 183 g/mol. The van der Waals surface area contributed by atoms with E-state index in [2.05, 4.69) is 11.8 Å². The Morgan fingerprint density at radius 1 is 1.43 bits per heavy atom. The van der Waals surface area contributed by atoms with Crippen molar-refractivity contribution in [1.29, 1.82) is 5.26 Å². The van der Waals surface area contributed by atoms with Gasteiger partial charge in [-0.25, -0.2) is 4.39 Å². The molecule has 4 heteroatoms. The Morgan fingerprint density at radius 2 is 2.14 bits per heavy atom. The molecule has 0 radical (unpaired) electrons. The lowest BCUT2D eigenvalue weighted by Crippen LogP contribution is -2.06.